The van der Waals surface area contributed by atoms with E-state index in [0.717, 1.165) is 16.5 Å². The molecule has 0 aromatic heterocycles. The Morgan fingerprint density at radius 2 is 1.32 bits per heavy atom. The van der Waals surface area contributed by atoms with Crippen LogP contribution in [-0.4, -0.2) is 11.5 Å². The summed E-state index contributed by atoms with van der Waals surface area (Å²) in [6, 6.07) is 17.7. The minimum absolute atomic E-state index is 0.708. The topological polar surface area (TPSA) is 23.8 Å². The van der Waals surface area contributed by atoms with Gasteiger partial charge in [0.2, 0.25) is 0 Å². The second kappa shape index (κ2) is 7.49. The van der Waals surface area contributed by atoms with Gasteiger partial charge >= 0.3 is 0 Å². The van der Waals surface area contributed by atoms with E-state index in [1.54, 1.807) is 11.8 Å². The number of hydrogen-bond acceptors (Lipinski definition) is 3. The Balaban J connectivity index is 1.74. The number of rotatable bonds is 5. The highest BCUT2D eigenvalue weighted by atomic mass is 35.5. The molecule has 0 unspecified atom stereocenters. The second-order valence-corrected chi connectivity index (χ2v) is 6.56. The number of nitrogens with zero attached hydrogens (tertiary/aromatic N) is 1. The van der Waals surface area contributed by atoms with Gasteiger partial charge in [-0.3, -0.25) is 0 Å². The minimum Gasteiger partial charge on any atom is -0.192 e. The monoisotopic (exact) mass is 305 g/mol. The van der Waals surface area contributed by atoms with Crippen molar-refractivity contribution in [2.45, 2.75) is 9.79 Å². The molecule has 0 aliphatic rings. The molecular weight excluding hydrogens is 294 g/mol. The van der Waals surface area contributed by atoms with E-state index >= 15 is 0 Å². The summed E-state index contributed by atoms with van der Waals surface area (Å²) in [5.41, 5.74) is 0.708. The summed E-state index contributed by atoms with van der Waals surface area (Å²) in [5.74, 6) is 2.09. The fourth-order valence-corrected chi connectivity index (χ4v) is 3.40. The molecule has 0 spiro atoms. The van der Waals surface area contributed by atoms with Gasteiger partial charge in [0, 0.05) is 26.3 Å². The smallest absolute Gasteiger partial charge is 0.0991 e. The molecule has 96 valence electrons. The Kier molecular flexibility index (Phi) is 5.65. The van der Waals surface area contributed by atoms with Crippen molar-refractivity contribution < 1.29 is 0 Å². The summed E-state index contributed by atoms with van der Waals surface area (Å²) in [7, 11) is 0. The zero-order valence-electron chi connectivity index (χ0n) is 10.2. The zero-order valence-corrected chi connectivity index (χ0v) is 12.6. The third-order valence-electron chi connectivity index (χ3n) is 2.42. The molecule has 0 radical (unpaired) electrons. The quantitative estimate of drug-likeness (QED) is 0.567. The van der Waals surface area contributed by atoms with Gasteiger partial charge in [0.05, 0.1) is 11.6 Å². The predicted octanol–water partition coefficient (Wildman–Crippen LogP) is 5.10. The molecule has 0 saturated heterocycles. The van der Waals surface area contributed by atoms with Crippen LogP contribution in [0, 0.1) is 11.3 Å². The lowest BCUT2D eigenvalue weighted by atomic mass is 10.2. The van der Waals surface area contributed by atoms with E-state index in [1.807, 2.05) is 60.3 Å². The standard InChI is InChI=1S/C15H12ClNS2/c16-13-3-7-15(8-4-13)19-10-9-18-14-5-1-12(11-17)2-6-14/h1-8H,9-10H2. The maximum atomic E-state index is 8.72. The first-order valence-electron chi connectivity index (χ1n) is 5.79. The van der Waals surface area contributed by atoms with Crippen molar-refractivity contribution in [1.29, 1.82) is 5.26 Å². The maximum Gasteiger partial charge on any atom is 0.0991 e. The van der Waals surface area contributed by atoms with Crippen molar-refractivity contribution in [2.24, 2.45) is 0 Å². The molecule has 2 aromatic rings. The van der Waals surface area contributed by atoms with Crippen LogP contribution >= 0.6 is 35.1 Å². The van der Waals surface area contributed by atoms with Gasteiger partial charge < -0.3 is 0 Å². The van der Waals surface area contributed by atoms with Crippen LogP contribution < -0.4 is 0 Å². The first-order valence-corrected chi connectivity index (χ1v) is 8.14. The van der Waals surface area contributed by atoms with Gasteiger partial charge in [-0.25, -0.2) is 0 Å². The van der Waals surface area contributed by atoms with Crippen LogP contribution in [0.4, 0.5) is 0 Å². The molecule has 1 nitrogen and oxygen atoms in total. The molecule has 0 heterocycles. The Morgan fingerprint density at radius 1 is 0.842 bits per heavy atom. The van der Waals surface area contributed by atoms with Crippen molar-refractivity contribution in [3.63, 3.8) is 0 Å². The molecular formula is C15H12ClNS2. The third kappa shape index (κ3) is 4.83. The van der Waals surface area contributed by atoms with Gasteiger partial charge in [0.15, 0.2) is 0 Å². The maximum absolute atomic E-state index is 8.72. The first kappa shape index (κ1) is 14.3. The van der Waals surface area contributed by atoms with E-state index in [4.69, 9.17) is 16.9 Å². The van der Waals surface area contributed by atoms with E-state index in [-0.39, 0.29) is 0 Å². The fourth-order valence-electron chi connectivity index (χ4n) is 1.48. The van der Waals surface area contributed by atoms with Crippen LogP contribution in [0.25, 0.3) is 0 Å². The normalized spacial score (nSPS) is 10.1. The molecule has 2 rings (SSSR count). The van der Waals surface area contributed by atoms with Crippen molar-refractivity contribution >= 4 is 35.1 Å². The van der Waals surface area contributed by atoms with Gasteiger partial charge in [-0.15, -0.1) is 23.5 Å². The molecule has 19 heavy (non-hydrogen) atoms. The molecule has 2 aromatic carbocycles. The number of nitriles is 1. The lowest BCUT2D eigenvalue weighted by Gasteiger charge is -2.02. The summed E-state index contributed by atoms with van der Waals surface area (Å²) in [6.07, 6.45) is 0. The molecule has 0 bridgehead atoms. The number of benzene rings is 2. The van der Waals surface area contributed by atoms with Crippen molar-refractivity contribution in [1.82, 2.24) is 0 Å². The fraction of sp³-hybridized carbons (Fsp3) is 0.133. The number of hydrogen-bond donors (Lipinski definition) is 0. The first-order chi connectivity index (χ1) is 9.28. The number of halogens is 1. The average molecular weight is 306 g/mol. The van der Waals surface area contributed by atoms with Crippen molar-refractivity contribution in [3.8, 4) is 6.07 Å². The van der Waals surface area contributed by atoms with Crippen LogP contribution in [0.2, 0.25) is 5.02 Å². The SMILES string of the molecule is N#Cc1ccc(SCCSc2ccc(Cl)cc2)cc1. The van der Waals surface area contributed by atoms with E-state index in [1.165, 1.54) is 9.79 Å². The molecule has 0 aliphatic carbocycles. The van der Waals surface area contributed by atoms with Crippen LogP contribution in [0.3, 0.4) is 0 Å². The molecule has 0 atom stereocenters. The lowest BCUT2D eigenvalue weighted by Crippen LogP contribution is -1.84. The third-order valence-corrected chi connectivity index (χ3v) is 4.96. The van der Waals surface area contributed by atoms with Crippen LogP contribution in [0.1, 0.15) is 5.56 Å². The van der Waals surface area contributed by atoms with Gasteiger partial charge in [-0.05, 0) is 48.5 Å². The number of thioether (sulfide) groups is 2. The summed E-state index contributed by atoms with van der Waals surface area (Å²) in [6.45, 7) is 0. The summed E-state index contributed by atoms with van der Waals surface area (Å²) in [4.78, 5) is 2.44. The predicted molar refractivity (Wildman–Crippen MR) is 84.1 cm³/mol. The van der Waals surface area contributed by atoms with Crippen molar-refractivity contribution in [2.75, 3.05) is 11.5 Å². The lowest BCUT2D eigenvalue weighted by molar-refractivity contribution is 1.39. The molecule has 4 heteroatoms. The zero-order chi connectivity index (χ0) is 13.5. The Bertz CT molecular complexity index is 558. The van der Waals surface area contributed by atoms with Crippen LogP contribution in [-0.2, 0) is 0 Å². The Morgan fingerprint density at radius 3 is 1.79 bits per heavy atom. The molecule has 0 amide bonds. The minimum atomic E-state index is 0.708. The van der Waals surface area contributed by atoms with Gasteiger partial charge in [0.1, 0.15) is 0 Å². The van der Waals surface area contributed by atoms with Crippen LogP contribution in [0.5, 0.6) is 0 Å². The second-order valence-electron chi connectivity index (χ2n) is 3.79. The van der Waals surface area contributed by atoms with Crippen molar-refractivity contribution in [3.05, 3.63) is 59.1 Å². The van der Waals surface area contributed by atoms with Gasteiger partial charge in [-0.1, -0.05) is 11.6 Å². The van der Waals surface area contributed by atoms with E-state index in [2.05, 4.69) is 6.07 Å². The van der Waals surface area contributed by atoms with Crippen LogP contribution in [0.15, 0.2) is 58.3 Å². The largest absolute Gasteiger partial charge is 0.192 e. The molecule has 0 N–H and O–H groups in total. The highest BCUT2D eigenvalue weighted by Crippen LogP contribution is 2.24. The summed E-state index contributed by atoms with van der Waals surface area (Å²) in [5, 5.41) is 9.49. The Hall–Kier alpha value is -1.08. The Labute approximate surface area is 127 Å². The van der Waals surface area contributed by atoms with Gasteiger partial charge in [-0.2, -0.15) is 5.26 Å². The van der Waals surface area contributed by atoms with E-state index in [9.17, 15) is 0 Å². The highest BCUT2D eigenvalue weighted by molar-refractivity contribution is 8.03. The molecule has 0 aliphatic heterocycles. The highest BCUT2D eigenvalue weighted by Gasteiger charge is 1.97. The average Bonchev–Trinajstić information content (AvgIpc) is 2.46. The molecule has 0 fully saturated rings. The van der Waals surface area contributed by atoms with Gasteiger partial charge in [0.25, 0.3) is 0 Å². The molecule has 0 saturated carbocycles. The van der Waals surface area contributed by atoms with E-state index in [0.29, 0.717) is 5.56 Å². The van der Waals surface area contributed by atoms with E-state index < -0.39 is 0 Å². The summed E-state index contributed by atoms with van der Waals surface area (Å²) < 4.78 is 0. The summed E-state index contributed by atoms with van der Waals surface area (Å²) >= 11 is 9.47.